The topological polar surface area (TPSA) is 61.3 Å². The molecule has 0 heterocycles. The first-order valence-electron chi connectivity index (χ1n) is 3.95. The number of halogens is 1. The van der Waals surface area contributed by atoms with Gasteiger partial charge in [0.15, 0.2) is 0 Å². The average molecular weight is 184 g/mol. The van der Waals surface area contributed by atoms with Crippen LogP contribution in [0.2, 0.25) is 0 Å². The van der Waals surface area contributed by atoms with Gasteiger partial charge in [0.2, 0.25) is 0 Å². The second-order valence-electron chi connectivity index (χ2n) is 2.80. The summed E-state index contributed by atoms with van der Waals surface area (Å²) in [7, 11) is 1.54. The van der Waals surface area contributed by atoms with Crippen molar-refractivity contribution in [3.05, 3.63) is 29.6 Å². The van der Waals surface area contributed by atoms with E-state index in [1.54, 1.807) is 12.1 Å². The third-order valence-electron chi connectivity index (χ3n) is 1.83. The van der Waals surface area contributed by atoms with Crippen LogP contribution in [0, 0.1) is 5.82 Å². The summed E-state index contributed by atoms with van der Waals surface area (Å²) in [6.07, 6.45) is 0. The van der Waals surface area contributed by atoms with Gasteiger partial charge in [-0.15, -0.1) is 0 Å². The van der Waals surface area contributed by atoms with Crippen molar-refractivity contribution >= 4 is 5.69 Å². The van der Waals surface area contributed by atoms with Gasteiger partial charge >= 0.3 is 0 Å². The Balaban J connectivity index is 2.93. The van der Waals surface area contributed by atoms with Gasteiger partial charge in [-0.1, -0.05) is 12.1 Å². The highest BCUT2D eigenvalue weighted by molar-refractivity contribution is 5.49. The van der Waals surface area contributed by atoms with E-state index >= 15 is 0 Å². The van der Waals surface area contributed by atoms with E-state index in [1.165, 1.54) is 13.2 Å². The Kier molecular flexibility index (Phi) is 3.22. The van der Waals surface area contributed by atoms with Crippen LogP contribution < -0.4 is 11.5 Å². The number of hydrogen-bond donors (Lipinski definition) is 2. The van der Waals surface area contributed by atoms with Gasteiger partial charge in [0.05, 0.1) is 18.3 Å². The molecule has 0 aliphatic rings. The van der Waals surface area contributed by atoms with Crippen molar-refractivity contribution in [1.82, 2.24) is 0 Å². The molecule has 13 heavy (non-hydrogen) atoms. The van der Waals surface area contributed by atoms with Crippen molar-refractivity contribution in [2.75, 3.05) is 19.5 Å². The van der Waals surface area contributed by atoms with E-state index < -0.39 is 5.82 Å². The van der Waals surface area contributed by atoms with Crippen LogP contribution in [-0.4, -0.2) is 13.7 Å². The van der Waals surface area contributed by atoms with Crippen molar-refractivity contribution in [3.8, 4) is 0 Å². The molecule has 0 saturated heterocycles. The monoisotopic (exact) mass is 184 g/mol. The van der Waals surface area contributed by atoms with Gasteiger partial charge in [-0.2, -0.15) is 0 Å². The number of ether oxygens (including phenoxy) is 1. The van der Waals surface area contributed by atoms with E-state index in [-0.39, 0.29) is 11.7 Å². The number of nitrogen functional groups attached to an aromatic ring is 1. The molecule has 0 radical (unpaired) electrons. The molecule has 1 rings (SSSR count). The first kappa shape index (κ1) is 9.95. The van der Waals surface area contributed by atoms with Crippen LogP contribution in [0.4, 0.5) is 10.1 Å². The highest BCUT2D eigenvalue weighted by Gasteiger charge is 2.11. The molecular formula is C9H13FN2O. The Morgan fingerprint density at radius 3 is 2.85 bits per heavy atom. The highest BCUT2D eigenvalue weighted by Crippen LogP contribution is 2.21. The molecule has 1 aromatic rings. The number of anilines is 1. The van der Waals surface area contributed by atoms with Gasteiger partial charge in [-0.3, -0.25) is 0 Å². The minimum absolute atomic E-state index is 0.104. The van der Waals surface area contributed by atoms with E-state index in [2.05, 4.69) is 0 Å². The van der Waals surface area contributed by atoms with E-state index in [9.17, 15) is 4.39 Å². The smallest absolute Gasteiger partial charge is 0.146 e. The Labute approximate surface area is 76.5 Å². The zero-order valence-corrected chi connectivity index (χ0v) is 7.46. The van der Waals surface area contributed by atoms with Crippen molar-refractivity contribution < 1.29 is 9.13 Å². The lowest BCUT2D eigenvalue weighted by Gasteiger charge is -2.13. The van der Waals surface area contributed by atoms with Gasteiger partial charge in [0.25, 0.3) is 0 Å². The fraction of sp³-hybridized carbons (Fsp3) is 0.333. The lowest BCUT2D eigenvalue weighted by molar-refractivity contribution is 0.181. The van der Waals surface area contributed by atoms with Gasteiger partial charge in [-0.25, -0.2) is 4.39 Å². The minimum atomic E-state index is -0.441. The predicted molar refractivity (Wildman–Crippen MR) is 49.6 cm³/mol. The predicted octanol–water partition coefficient (Wildman–Crippen LogP) is 1.05. The van der Waals surface area contributed by atoms with E-state index in [1.807, 2.05) is 0 Å². The molecule has 1 unspecified atom stereocenters. The third kappa shape index (κ3) is 2.17. The fourth-order valence-corrected chi connectivity index (χ4v) is 1.15. The van der Waals surface area contributed by atoms with Crippen LogP contribution in [0.25, 0.3) is 0 Å². The van der Waals surface area contributed by atoms with Crippen LogP contribution in [0.15, 0.2) is 18.2 Å². The Bertz CT molecular complexity index is 291. The zero-order valence-electron chi connectivity index (χ0n) is 7.46. The highest BCUT2D eigenvalue weighted by atomic mass is 19.1. The lowest BCUT2D eigenvalue weighted by atomic mass is 10.1. The number of hydrogen-bond acceptors (Lipinski definition) is 3. The molecule has 0 aliphatic heterocycles. The van der Waals surface area contributed by atoms with Gasteiger partial charge in [-0.05, 0) is 11.6 Å². The molecule has 0 bridgehead atoms. The number of methoxy groups -OCH3 is 1. The molecule has 4 heteroatoms. The first-order valence-corrected chi connectivity index (χ1v) is 3.95. The summed E-state index contributed by atoms with van der Waals surface area (Å²) in [4.78, 5) is 0. The summed E-state index contributed by atoms with van der Waals surface area (Å²) in [6.45, 7) is 0.327. The Morgan fingerprint density at radius 1 is 1.54 bits per heavy atom. The standard InChI is InChI=1S/C9H13FN2O/c1-13-5-8(11)6-3-2-4-7(10)9(6)12/h2-4,8H,5,11-12H2,1H3. The molecule has 0 aromatic heterocycles. The van der Waals surface area contributed by atoms with Crippen LogP contribution in [-0.2, 0) is 4.74 Å². The van der Waals surface area contributed by atoms with Crippen LogP contribution in [0.1, 0.15) is 11.6 Å². The summed E-state index contributed by atoms with van der Waals surface area (Å²) in [6, 6.07) is 4.21. The van der Waals surface area contributed by atoms with Gasteiger partial charge in [0.1, 0.15) is 5.82 Å². The molecule has 1 aromatic carbocycles. The van der Waals surface area contributed by atoms with Crippen molar-refractivity contribution in [1.29, 1.82) is 0 Å². The number of nitrogens with two attached hydrogens (primary N) is 2. The van der Waals surface area contributed by atoms with Crippen LogP contribution >= 0.6 is 0 Å². The summed E-state index contributed by atoms with van der Waals surface area (Å²) in [5.41, 5.74) is 11.9. The van der Waals surface area contributed by atoms with Crippen molar-refractivity contribution in [3.63, 3.8) is 0 Å². The van der Waals surface area contributed by atoms with E-state index in [0.717, 1.165) is 0 Å². The summed E-state index contributed by atoms with van der Waals surface area (Å²) >= 11 is 0. The molecule has 0 fully saturated rings. The molecular weight excluding hydrogens is 171 g/mol. The van der Waals surface area contributed by atoms with Crippen LogP contribution in [0.3, 0.4) is 0 Å². The fourth-order valence-electron chi connectivity index (χ4n) is 1.15. The maximum absolute atomic E-state index is 13.0. The molecule has 1 atom stereocenters. The number of rotatable bonds is 3. The number of benzene rings is 1. The molecule has 72 valence electrons. The third-order valence-corrected chi connectivity index (χ3v) is 1.83. The summed E-state index contributed by atoms with van der Waals surface area (Å²) < 4.78 is 17.8. The number of para-hydroxylation sites is 1. The van der Waals surface area contributed by atoms with Crippen LogP contribution in [0.5, 0.6) is 0 Å². The van der Waals surface area contributed by atoms with Gasteiger partial charge < -0.3 is 16.2 Å². The Morgan fingerprint density at radius 2 is 2.23 bits per heavy atom. The maximum Gasteiger partial charge on any atom is 0.146 e. The second kappa shape index (κ2) is 4.20. The zero-order chi connectivity index (χ0) is 9.84. The molecule has 0 spiro atoms. The molecule has 0 aliphatic carbocycles. The molecule has 0 amide bonds. The quantitative estimate of drug-likeness (QED) is 0.690. The normalized spacial score (nSPS) is 12.8. The SMILES string of the molecule is COCC(N)c1cccc(F)c1N. The minimum Gasteiger partial charge on any atom is -0.396 e. The second-order valence-corrected chi connectivity index (χ2v) is 2.80. The van der Waals surface area contributed by atoms with Crippen molar-refractivity contribution in [2.24, 2.45) is 5.73 Å². The summed E-state index contributed by atoms with van der Waals surface area (Å²) in [5.74, 6) is -0.441. The average Bonchev–Trinajstić information content (AvgIpc) is 2.10. The molecule has 3 nitrogen and oxygen atoms in total. The summed E-state index contributed by atoms with van der Waals surface area (Å²) in [5, 5.41) is 0. The largest absolute Gasteiger partial charge is 0.396 e. The first-order chi connectivity index (χ1) is 6.16. The van der Waals surface area contributed by atoms with Gasteiger partial charge in [0, 0.05) is 7.11 Å². The Hall–Kier alpha value is -1.13. The molecule has 0 saturated carbocycles. The van der Waals surface area contributed by atoms with E-state index in [4.69, 9.17) is 16.2 Å². The van der Waals surface area contributed by atoms with Crippen molar-refractivity contribution in [2.45, 2.75) is 6.04 Å². The van der Waals surface area contributed by atoms with E-state index in [0.29, 0.717) is 12.2 Å². The maximum atomic E-state index is 13.0. The lowest BCUT2D eigenvalue weighted by Crippen LogP contribution is -2.18. The molecule has 4 N–H and O–H groups in total.